The summed E-state index contributed by atoms with van der Waals surface area (Å²) in [6, 6.07) is 5.21. The van der Waals surface area contributed by atoms with Crippen molar-refractivity contribution >= 4 is 11.9 Å². The minimum atomic E-state index is -1.30. The van der Waals surface area contributed by atoms with Crippen molar-refractivity contribution in [2.75, 3.05) is 0 Å². The summed E-state index contributed by atoms with van der Waals surface area (Å²) in [6.07, 6.45) is 1.70. The van der Waals surface area contributed by atoms with Gasteiger partial charge >= 0.3 is 5.97 Å². The molecule has 0 spiro atoms. The van der Waals surface area contributed by atoms with Crippen molar-refractivity contribution in [3.05, 3.63) is 41.3 Å². The van der Waals surface area contributed by atoms with E-state index in [9.17, 15) is 14.7 Å². The van der Waals surface area contributed by atoms with Crippen molar-refractivity contribution in [3.8, 4) is 5.82 Å². The highest BCUT2D eigenvalue weighted by molar-refractivity contribution is 5.97. The number of carboxylic acid groups (broad SMARTS) is 1. The van der Waals surface area contributed by atoms with Crippen molar-refractivity contribution in [2.24, 2.45) is 0 Å². The molecule has 0 saturated carbocycles. The minimum Gasteiger partial charge on any atom is -0.480 e. The van der Waals surface area contributed by atoms with Crippen LogP contribution in [-0.4, -0.2) is 37.3 Å². The summed E-state index contributed by atoms with van der Waals surface area (Å²) in [5.74, 6) is -0.937. The Balaban J connectivity index is 2.21. The second-order valence-corrected chi connectivity index (χ2v) is 5.69. The number of pyridine rings is 1. The van der Waals surface area contributed by atoms with E-state index in [1.54, 1.807) is 23.7 Å². The molecule has 23 heavy (non-hydrogen) atoms. The highest BCUT2D eigenvalue weighted by atomic mass is 16.4. The van der Waals surface area contributed by atoms with Crippen molar-refractivity contribution < 1.29 is 14.7 Å². The van der Waals surface area contributed by atoms with Crippen LogP contribution >= 0.6 is 0 Å². The fourth-order valence-electron chi connectivity index (χ4n) is 2.12. The minimum absolute atomic E-state index is 0.283. The normalized spacial score (nSPS) is 13.4. The second-order valence-electron chi connectivity index (χ2n) is 5.69. The van der Waals surface area contributed by atoms with Gasteiger partial charge in [0.15, 0.2) is 5.82 Å². The van der Waals surface area contributed by atoms with Crippen LogP contribution in [0.15, 0.2) is 24.4 Å². The molecule has 0 aliphatic rings. The van der Waals surface area contributed by atoms with E-state index in [-0.39, 0.29) is 6.42 Å². The molecule has 2 aromatic heterocycles. The van der Waals surface area contributed by atoms with Gasteiger partial charge in [-0.15, -0.1) is 0 Å². The van der Waals surface area contributed by atoms with Crippen molar-refractivity contribution in [3.63, 3.8) is 0 Å². The molecule has 7 heteroatoms. The van der Waals surface area contributed by atoms with Crippen LogP contribution in [0.3, 0.4) is 0 Å². The summed E-state index contributed by atoms with van der Waals surface area (Å²) in [6.45, 7) is 6.99. The largest absolute Gasteiger partial charge is 0.480 e. The zero-order chi connectivity index (χ0) is 17.2. The average Bonchev–Trinajstić information content (AvgIpc) is 2.85. The van der Waals surface area contributed by atoms with E-state index < -0.39 is 17.4 Å². The van der Waals surface area contributed by atoms with E-state index in [2.05, 4.69) is 15.4 Å². The van der Waals surface area contributed by atoms with Gasteiger partial charge in [-0.25, -0.2) is 14.5 Å². The summed E-state index contributed by atoms with van der Waals surface area (Å²) in [7, 11) is 0. The summed E-state index contributed by atoms with van der Waals surface area (Å²) in [5, 5.41) is 16.1. The van der Waals surface area contributed by atoms with Crippen LogP contribution in [0.1, 0.15) is 42.0 Å². The second kappa shape index (κ2) is 6.20. The Bertz CT molecular complexity index is 736. The number of hydrogen-bond donors (Lipinski definition) is 2. The maximum absolute atomic E-state index is 12.2. The Morgan fingerprint density at radius 2 is 2.04 bits per heavy atom. The van der Waals surface area contributed by atoms with Crippen LogP contribution in [0, 0.1) is 13.8 Å². The quantitative estimate of drug-likeness (QED) is 0.877. The summed E-state index contributed by atoms with van der Waals surface area (Å²) in [4.78, 5) is 27.7. The van der Waals surface area contributed by atoms with E-state index in [0.717, 1.165) is 11.4 Å². The molecule has 2 rings (SSSR count). The number of hydrogen-bond acceptors (Lipinski definition) is 4. The number of aryl methyl sites for hydroxylation is 2. The highest BCUT2D eigenvalue weighted by Gasteiger charge is 2.33. The number of rotatable bonds is 5. The third kappa shape index (κ3) is 3.39. The molecule has 0 aliphatic heterocycles. The van der Waals surface area contributed by atoms with Crippen LogP contribution in [0.25, 0.3) is 5.82 Å². The maximum Gasteiger partial charge on any atom is 0.329 e. The van der Waals surface area contributed by atoms with Crippen LogP contribution in [0.2, 0.25) is 0 Å². The Morgan fingerprint density at radius 1 is 1.35 bits per heavy atom. The molecular weight excluding hydrogens is 296 g/mol. The number of aliphatic carboxylic acids is 1. The first kappa shape index (κ1) is 16.7. The fraction of sp³-hybridized carbons (Fsp3) is 0.375. The van der Waals surface area contributed by atoms with Crippen LogP contribution in [0.5, 0.6) is 0 Å². The molecule has 1 unspecified atom stereocenters. The molecule has 2 heterocycles. The molecule has 2 N–H and O–H groups in total. The first-order valence-electron chi connectivity index (χ1n) is 7.32. The van der Waals surface area contributed by atoms with Crippen molar-refractivity contribution in [2.45, 2.75) is 39.7 Å². The molecule has 2 aromatic rings. The SMILES string of the molecule is CCC(C)(NC(=O)c1ccc(-n2nc(C)cc2C)nc1)C(=O)O. The van der Waals surface area contributed by atoms with Gasteiger partial charge in [0.2, 0.25) is 0 Å². The summed E-state index contributed by atoms with van der Waals surface area (Å²) < 4.78 is 1.68. The van der Waals surface area contributed by atoms with Gasteiger partial charge < -0.3 is 10.4 Å². The number of nitrogens with one attached hydrogen (secondary N) is 1. The van der Waals surface area contributed by atoms with Gasteiger partial charge in [-0.1, -0.05) is 6.92 Å². The molecule has 0 saturated heterocycles. The zero-order valence-electron chi connectivity index (χ0n) is 13.6. The number of carbonyl (C=O) groups is 2. The molecule has 0 radical (unpaired) electrons. The van der Waals surface area contributed by atoms with Crippen molar-refractivity contribution in [1.82, 2.24) is 20.1 Å². The number of nitrogens with zero attached hydrogens (tertiary/aromatic N) is 3. The molecule has 7 nitrogen and oxygen atoms in total. The van der Waals surface area contributed by atoms with Gasteiger partial charge in [0.25, 0.3) is 5.91 Å². The average molecular weight is 316 g/mol. The number of carbonyl (C=O) groups excluding carboxylic acids is 1. The lowest BCUT2D eigenvalue weighted by Crippen LogP contribution is -2.51. The van der Waals surface area contributed by atoms with Crippen molar-refractivity contribution in [1.29, 1.82) is 0 Å². The third-order valence-electron chi connectivity index (χ3n) is 3.81. The number of amides is 1. The number of aromatic nitrogens is 3. The lowest BCUT2D eigenvalue weighted by Gasteiger charge is -2.24. The van der Waals surface area contributed by atoms with E-state index in [1.807, 2.05) is 19.9 Å². The Labute approximate surface area is 134 Å². The summed E-state index contributed by atoms with van der Waals surface area (Å²) in [5.41, 5.74) is 0.824. The molecular formula is C16H20N4O3. The smallest absolute Gasteiger partial charge is 0.329 e. The maximum atomic E-state index is 12.2. The molecule has 0 aliphatic carbocycles. The highest BCUT2D eigenvalue weighted by Crippen LogP contribution is 2.13. The summed E-state index contributed by atoms with van der Waals surface area (Å²) >= 11 is 0. The van der Waals surface area contributed by atoms with Gasteiger partial charge in [0, 0.05) is 11.9 Å². The first-order valence-corrected chi connectivity index (χ1v) is 7.32. The predicted molar refractivity (Wildman–Crippen MR) is 84.6 cm³/mol. The molecule has 1 amide bonds. The standard InChI is InChI=1S/C16H20N4O3/c1-5-16(4,15(22)23)18-14(21)12-6-7-13(17-9-12)20-11(3)8-10(2)19-20/h6-9H,5H2,1-4H3,(H,18,21)(H,22,23). The Morgan fingerprint density at radius 3 is 2.48 bits per heavy atom. The van der Waals surface area contributed by atoms with Gasteiger partial charge in [0.05, 0.1) is 11.3 Å². The van der Waals surface area contributed by atoms with Crippen LogP contribution in [0.4, 0.5) is 0 Å². The molecule has 122 valence electrons. The van der Waals surface area contributed by atoms with E-state index in [1.165, 1.54) is 13.1 Å². The molecule has 0 fully saturated rings. The molecule has 0 bridgehead atoms. The first-order chi connectivity index (χ1) is 10.8. The predicted octanol–water partition coefficient (Wildman–Crippen LogP) is 1.87. The van der Waals surface area contributed by atoms with Gasteiger partial charge in [-0.3, -0.25) is 4.79 Å². The Kier molecular flexibility index (Phi) is 4.49. The van der Waals surface area contributed by atoms with Gasteiger partial charge in [-0.2, -0.15) is 5.10 Å². The lowest BCUT2D eigenvalue weighted by atomic mass is 9.99. The van der Waals surface area contributed by atoms with E-state index in [4.69, 9.17) is 0 Å². The van der Waals surface area contributed by atoms with E-state index in [0.29, 0.717) is 11.4 Å². The molecule has 0 aromatic carbocycles. The van der Waals surface area contributed by atoms with E-state index >= 15 is 0 Å². The van der Waals surface area contributed by atoms with Gasteiger partial charge in [-0.05, 0) is 45.4 Å². The van der Waals surface area contributed by atoms with Crippen LogP contribution < -0.4 is 5.32 Å². The van der Waals surface area contributed by atoms with Gasteiger partial charge in [0.1, 0.15) is 5.54 Å². The fourth-order valence-corrected chi connectivity index (χ4v) is 2.12. The topological polar surface area (TPSA) is 97.1 Å². The lowest BCUT2D eigenvalue weighted by molar-refractivity contribution is -0.143. The Hall–Kier alpha value is -2.70. The monoisotopic (exact) mass is 316 g/mol. The third-order valence-corrected chi connectivity index (χ3v) is 3.81. The number of carboxylic acids is 1. The molecule has 1 atom stereocenters. The zero-order valence-corrected chi connectivity index (χ0v) is 13.6. The van der Waals surface area contributed by atoms with Crippen LogP contribution in [-0.2, 0) is 4.79 Å².